The second kappa shape index (κ2) is 5.72. The first-order valence-electron chi connectivity index (χ1n) is 6.15. The average Bonchev–Trinajstić information content (AvgIpc) is 2.50. The van der Waals surface area contributed by atoms with E-state index in [9.17, 15) is 4.79 Å². The number of nitrogens with zero attached hydrogens (tertiary/aromatic N) is 1. The van der Waals surface area contributed by atoms with Gasteiger partial charge in [0.05, 0.1) is 10.6 Å². The van der Waals surface area contributed by atoms with E-state index in [4.69, 9.17) is 27.9 Å². The zero-order chi connectivity index (χ0) is 14.8. The van der Waals surface area contributed by atoms with Crippen LogP contribution in [-0.4, -0.2) is 11.0 Å². The fourth-order valence-electron chi connectivity index (χ4n) is 1.93. The summed E-state index contributed by atoms with van der Waals surface area (Å²) < 4.78 is 5.32. The van der Waals surface area contributed by atoms with Crippen molar-refractivity contribution in [1.82, 2.24) is 4.98 Å². The Morgan fingerprint density at radius 2 is 1.76 bits per heavy atom. The number of fused-ring (bicyclic) bond motifs is 1. The Kier molecular flexibility index (Phi) is 3.78. The number of carbonyl (C=O) groups is 1. The van der Waals surface area contributed by atoms with Gasteiger partial charge in [-0.3, -0.25) is 0 Å². The van der Waals surface area contributed by atoms with Crippen LogP contribution in [0.3, 0.4) is 0 Å². The van der Waals surface area contributed by atoms with E-state index in [0.717, 1.165) is 10.8 Å². The van der Waals surface area contributed by atoms with E-state index in [1.54, 1.807) is 12.1 Å². The summed E-state index contributed by atoms with van der Waals surface area (Å²) in [6, 6.07) is 14.7. The van der Waals surface area contributed by atoms with Crippen LogP contribution in [-0.2, 0) is 0 Å². The van der Waals surface area contributed by atoms with Crippen LogP contribution in [0.15, 0.2) is 54.7 Å². The maximum Gasteiger partial charge on any atom is 0.345 e. The summed E-state index contributed by atoms with van der Waals surface area (Å²) in [5.74, 6) is -0.0684. The first-order valence-corrected chi connectivity index (χ1v) is 6.91. The number of carbonyl (C=O) groups excluding carboxylic acids is 1. The summed E-state index contributed by atoms with van der Waals surface area (Å²) in [5.41, 5.74) is 0.248. The summed E-state index contributed by atoms with van der Waals surface area (Å²) >= 11 is 11.6. The van der Waals surface area contributed by atoms with Gasteiger partial charge in [-0.2, -0.15) is 0 Å². The number of esters is 1. The molecule has 0 unspecified atom stereocenters. The molecule has 2 aromatic carbocycles. The van der Waals surface area contributed by atoms with Crippen molar-refractivity contribution in [2.24, 2.45) is 0 Å². The molecule has 0 spiro atoms. The molecule has 1 aromatic heterocycles. The first kappa shape index (κ1) is 13.9. The van der Waals surface area contributed by atoms with E-state index in [1.165, 1.54) is 12.3 Å². The van der Waals surface area contributed by atoms with Gasteiger partial charge in [-0.25, -0.2) is 9.78 Å². The number of ether oxygens (including phenoxy) is 1. The second-order valence-corrected chi connectivity index (χ2v) is 5.16. The predicted molar refractivity (Wildman–Crippen MR) is 83.2 cm³/mol. The molecule has 0 amide bonds. The maximum atomic E-state index is 12.0. The summed E-state index contributed by atoms with van der Waals surface area (Å²) in [6.07, 6.45) is 1.33. The molecule has 5 heteroatoms. The van der Waals surface area contributed by atoms with Crippen LogP contribution in [0.2, 0.25) is 10.2 Å². The number of hydrogen-bond donors (Lipinski definition) is 0. The third-order valence-electron chi connectivity index (χ3n) is 2.96. The lowest BCUT2D eigenvalue weighted by Crippen LogP contribution is -2.08. The molecule has 3 rings (SSSR count). The van der Waals surface area contributed by atoms with Crippen molar-refractivity contribution in [2.75, 3.05) is 0 Å². The van der Waals surface area contributed by atoms with Gasteiger partial charge < -0.3 is 4.74 Å². The molecule has 0 radical (unpaired) electrons. The molecule has 0 aliphatic carbocycles. The first-order chi connectivity index (χ1) is 10.1. The minimum absolute atomic E-state index is 0.152. The Morgan fingerprint density at radius 3 is 2.52 bits per heavy atom. The largest absolute Gasteiger partial charge is 0.423 e. The molecule has 0 fully saturated rings. The number of aromatic nitrogens is 1. The topological polar surface area (TPSA) is 39.2 Å². The van der Waals surface area contributed by atoms with Crippen LogP contribution in [0.5, 0.6) is 5.75 Å². The third-order valence-corrected chi connectivity index (χ3v) is 3.65. The van der Waals surface area contributed by atoms with Gasteiger partial charge >= 0.3 is 5.97 Å². The number of halogens is 2. The molecule has 0 saturated carbocycles. The summed E-state index contributed by atoms with van der Waals surface area (Å²) in [6.45, 7) is 0. The highest BCUT2D eigenvalue weighted by atomic mass is 35.5. The second-order valence-electron chi connectivity index (χ2n) is 4.40. The fraction of sp³-hybridized carbons (Fsp3) is 0. The van der Waals surface area contributed by atoms with E-state index < -0.39 is 5.97 Å². The van der Waals surface area contributed by atoms with Gasteiger partial charge in [-0.05, 0) is 29.0 Å². The molecule has 0 bridgehead atoms. The minimum atomic E-state index is -0.531. The molecule has 21 heavy (non-hydrogen) atoms. The molecular weight excluding hydrogens is 309 g/mol. The lowest BCUT2D eigenvalue weighted by Gasteiger charge is -2.06. The van der Waals surface area contributed by atoms with Crippen LogP contribution in [0, 0.1) is 0 Å². The third kappa shape index (κ3) is 2.99. The van der Waals surface area contributed by atoms with Crippen molar-refractivity contribution in [3.8, 4) is 5.75 Å². The van der Waals surface area contributed by atoms with E-state index in [-0.39, 0.29) is 15.7 Å². The molecule has 3 aromatic rings. The van der Waals surface area contributed by atoms with Crippen molar-refractivity contribution >= 4 is 39.9 Å². The Bertz CT molecular complexity index is 833. The summed E-state index contributed by atoms with van der Waals surface area (Å²) in [4.78, 5) is 15.9. The zero-order valence-corrected chi connectivity index (χ0v) is 12.2. The Labute approximate surface area is 131 Å². The molecule has 3 nitrogen and oxygen atoms in total. The molecule has 0 saturated heterocycles. The Morgan fingerprint density at radius 1 is 1.00 bits per heavy atom. The van der Waals surface area contributed by atoms with Crippen LogP contribution in [0.4, 0.5) is 0 Å². The van der Waals surface area contributed by atoms with Crippen LogP contribution < -0.4 is 4.74 Å². The fourth-order valence-corrected chi connectivity index (χ4v) is 2.20. The Balaban J connectivity index is 1.87. The maximum absolute atomic E-state index is 12.0. The zero-order valence-electron chi connectivity index (χ0n) is 10.7. The quantitative estimate of drug-likeness (QED) is 0.388. The van der Waals surface area contributed by atoms with Gasteiger partial charge in [-0.1, -0.05) is 53.5 Å². The van der Waals surface area contributed by atoms with Crippen molar-refractivity contribution in [3.05, 3.63) is 70.5 Å². The normalized spacial score (nSPS) is 10.6. The highest BCUT2D eigenvalue weighted by Crippen LogP contribution is 2.23. The molecule has 0 atom stereocenters. The molecule has 0 N–H and O–H groups in total. The summed E-state index contributed by atoms with van der Waals surface area (Å²) in [5, 5.41) is 2.44. The monoisotopic (exact) mass is 317 g/mol. The van der Waals surface area contributed by atoms with Gasteiger partial charge in [0.15, 0.2) is 0 Å². The highest BCUT2D eigenvalue weighted by Gasteiger charge is 2.11. The van der Waals surface area contributed by atoms with Gasteiger partial charge in [0.2, 0.25) is 0 Å². The van der Waals surface area contributed by atoms with Crippen LogP contribution >= 0.6 is 23.2 Å². The van der Waals surface area contributed by atoms with E-state index in [2.05, 4.69) is 4.98 Å². The number of rotatable bonds is 2. The van der Waals surface area contributed by atoms with E-state index in [0.29, 0.717) is 5.75 Å². The molecule has 1 heterocycles. The van der Waals surface area contributed by atoms with Gasteiger partial charge in [0.25, 0.3) is 0 Å². The molecular formula is C16H9Cl2NO2. The van der Waals surface area contributed by atoms with E-state index in [1.807, 2.05) is 30.3 Å². The standard InChI is InChI=1S/C16H9Cl2NO2/c17-14-8-12(9-19-15(14)18)16(20)21-13-6-5-10-3-1-2-4-11(10)7-13/h1-9H. The number of hydrogen-bond acceptors (Lipinski definition) is 3. The lowest BCUT2D eigenvalue weighted by atomic mass is 10.1. The molecule has 0 aliphatic heterocycles. The lowest BCUT2D eigenvalue weighted by molar-refractivity contribution is 0.0734. The molecule has 104 valence electrons. The van der Waals surface area contributed by atoms with Crippen molar-refractivity contribution in [1.29, 1.82) is 0 Å². The summed E-state index contributed by atoms with van der Waals surface area (Å²) in [7, 11) is 0. The highest BCUT2D eigenvalue weighted by molar-refractivity contribution is 6.41. The number of benzene rings is 2. The predicted octanol–water partition coefficient (Wildman–Crippen LogP) is 4.76. The van der Waals surface area contributed by atoms with Crippen molar-refractivity contribution < 1.29 is 9.53 Å². The van der Waals surface area contributed by atoms with Crippen molar-refractivity contribution in [2.45, 2.75) is 0 Å². The van der Waals surface area contributed by atoms with Gasteiger partial charge in [0.1, 0.15) is 10.9 Å². The van der Waals surface area contributed by atoms with Gasteiger partial charge in [0, 0.05) is 6.20 Å². The number of pyridine rings is 1. The van der Waals surface area contributed by atoms with E-state index >= 15 is 0 Å². The molecule has 0 aliphatic rings. The van der Waals surface area contributed by atoms with Crippen LogP contribution in [0.1, 0.15) is 10.4 Å². The average molecular weight is 318 g/mol. The SMILES string of the molecule is O=C(Oc1ccc2ccccc2c1)c1cnc(Cl)c(Cl)c1. The van der Waals surface area contributed by atoms with Crippen molar-refractivity contribution in [3.63, 3.8) is 0 Å². The smallest absolute Gasteiger partial charge is 0.345 e. The minimum Gasteiger partial charge on any atom is -0.423 e. The Hall–Kier alpha value is -2.10. The van der Waals surface area contributed by atoms with Crippen LogP contribution in [0.25, 0.3) is 10.8 Å². The van der Waals surface area contributed by atoms with Gasteiger partial charge in [-0.15, -0.1) is 0 Å².